The van der Waals surface area contributed by atoms with Gasteiger partial charge in [0.2, 0.25) is 0 Å². The molecule has 1 heterocycles. The zero-order valence-corrected chi connectivity index (χ0v) is 11.4. The topological polar surface area (TPSA) is 56.9 Å². The minimum Gasteiger partial charge on any atom is -0.384 e. The van der Waals surface area contributed by atoms with Crippen LogP contribution in [0, 0.1) is 18.3 Å². The summed E-state index contributed by atoms with van der Waals surface area (Å²) in [6, 6.07) is 10.3. The molecule has 4 heteroatoms. The van der Waals surface area contributed by atoms with E-state index in [0.717, 1.165) is 23.2 Å². The summed E-state index contributed by atoms with van der Waals surface area (Å²) < 4.78 is 0. The summed E-state index contributed by atoms with van der Waals surface area (Å²) >= 11 is 1.42. The molecule has 0 saturated heterocycles. The van der Waals surface area contributed by atoms with Gasteiger partial charge < -0.3 is 5.11 Å². The molecule has 1 aliphatic carbocycles. The Morgan fingerprint density at radius 2 is 2.26 bits per heavy atom. The van der Waals surface area contributed by atoms with E-state index in [1.807, 2.05) is 36.6 Å². The number of fused-ring (bicyclic) bond motifs is 1. The maximum atomic E-state index is 10.7. The van der Waals surface area contributed by atoms with Crippen molar-refractivity contribution < 1.29 is 5.11 Å². The van der Waals surface area contributed by atoms with Crippen molar-refractivity contribution in [2.24, 2.45) is 0 Å². The van der Waals surface area contributed by atoms with Crippen LogP contribution >= 0.6 is 11.3 Å². The molecule has 0 aliphatic heterocycles. The molecule has 0 fully saturated rings. The van der Waals surface area contributed by atoms with E-state index in [2.05, 4.69) is 11.1 Å². The van der Waals surface area contributed by atoms with Crippen molar-refractivity contribution in [3.63, 3.8) is 0 Å². The first-order chi connectivity index (χ1) is 9.17. The zero-order chi connectivity index (χ0) is 13.5. The lowest BCUT2D eigenvalue weighted by Gasteiger charge is -2.26. The average Bonchev–Trinajstić information content (AvgIpc) is 3.02. The molecule has 96 valence electrons. The van der Waals surface area contributed by atoms with Crippen molar-refractivity contribution in [1.82, 2.24) is 4.98 Å². The zero-order valence-electron chi connectivity index (χ0n) is 10.6. The normalized spacial score (nSPS) is 22.8. The lowest BCUT2D eigenvalue weighted by atomic mass is 9.78. The molecule has 1 N–H and O–H groups in total. The van der Waals surface area contributed by atoms with E-state index < -0.39 is 11.5 Å². The first kappa shape index (κ1) is 12.3. The van der Waals surface area contributed by atoms with E-state index in [9.17, 15) is 10.4 Å². The lowest BCUT2D eigenvalue weighted by molar-refractivity contribution is 0.110. The van der Waals surface area contributed by atoms with Crippen LogP contribution in [0.3, 0.4) is 0 Å². The highest BCUT2D eigenvalue weighted by atomic mass is 32.1. The molecule has 0 saturated carbocycles. The van der Waals surface area contributed by atoms with Crippen molar-refractivity contribution in [1.29, 1.82) is 5.26 Å². The lowest BCUT2D eigenvalue weighted by Crippen LogP contribution is -2.29. The monoisotopic (exact) mass is 270 g/mol. The van der Waals surface area contributed by atoms with Crippen molar-refractivity contribution in [3.05, 3.63) is 51.5 Å². The van der Waals surface area contributed by atoms with Gasteiger partial charge in [-0.15, -0.1) is 11.3 Å². The van der Waals surface area contributed by atoms with E-state index in [0.29, 0.717) is 11.4 Å². The second-order valence-corrected chi connectivity index (χ2v) is 5.86. The summed E-state index contributed by atoms with van der Waals surface area (Å²) in [6.07, 6.45) is 0.646. The molecular weight excluding hydrogens is 256 g/mol. The first-order valence-corrected chi connectivity index (χ1v) is 7.15. The van der Waals surface area contributed by atoms with Crippen LogP contribution in [0.25, 0.3) is 0 Å². The molecular formula is C15H14N2OS. The highest BCUT2D eigenvalue weighted by Crippen LogP contribution is 2.47. The molecule has 3 rings (SSSR count). The van der Waals surface area contributed by atoms with Gasteiger partial charge in [0, 0.05) is 11.1 Å². The van der Waals surface area contributed by atoms with Crippen LogP contribution in [-0.4, -0.2) is 10.1 Å². The van der Waals surface area contributed by atoms with Gasteiger partial charge in [0.05, 0.1) is 6.07 Å². The third kappa shape index (κ3) is 1.78. The maximum Gasteiger partial charge on any atom is 0.128 e. The van der Waals surface area contributed by atoms with E-state index in [-0.39, 0.29) is 0 Å². The van der Waals surface area contributed by atoms with Crippen molar-refractivity contribution in [3.8, 4) is 6.07 Å². The first-order valence-electron chi connectivity index (χ1n) is 6.27. The Kier molecular flexibility index (Phi) is 2.89. The molecule has 0 spiro atoms. The smallest absolute Gasteiger partial charge is 0.128 e. The summed E-state index contributed by atoms with van der Waals surface area (Å²) in [7, 11) is 0. The summed E-state index contributed by atoms with van der Waals surface area (Å²) in [5.74, 6) is 0. The Bertz CT molecular complexity index is 658. The van der Waals surface area contributed by atoms with Crippen LogP contribution in [0.5, 0.6) is 0 Å². The highest BCUT2D eigenvalue weighted by Gasteiger charge is 2.46. The number of aromatic nitrogens is 1. The Balaban J connectivity index is 2.09. The summed E-state index contributed by atoms with van der Waals surface area (Å²) in [5.41, 5.74) is 2.16. The second-order valence-electron chi connectivity index (χ2n) is 4.97. The predicted molar refractivity (Wildman–Crippen MR) is 73.9 cm³/mol. The standard InChI is InChI=1S/C15H14N2OS/c1-10-8-19-14(17-10)13(18)15(9-16)7-6-11-4-2-3-5-12(11)15/h2-5,8,13,18H,6-7H2,1H3. The van der Waals surface area contributed by atoms with Crippen LogP contribution < -0.4 is 0 Å². The largest absolute Gasteiger partial charge is 0.384 e. The van der Waals surface area contributed by atoms with E-state index in [1.54, 1.807) is 0 Å². The summed E-state index contributed by atoms with van der Waals surface area (Å²) in [4.78, 5) is 4.34. The number of aliphatic hydroxyl groups is 1. The third-order valence-corrected chi connectivity index (χ3v) is 4.84. The Morgan fingerprint density at radius 3 is 2.95 bits per heavy atom. The number of aliphatic hydroxyl groups excluding tert-OH is 1. The van der Waals surface area contributed by atoms with Crippen LogP contribution in [0.2, 0.25) is 0 Å². The van der Waals surface area contributed by atoms with Gasteiger partial charge in [0.15, 0.2) is 0 Å². The fourth-order valence-corrected chi connectivity index (χ4v) is 3.68. The van der Waals surface area contributed by atoms with Crippen LogP contribution in [0.1, 0.15) is 34.4 Å². The number of nitrogens with zero attached hydrogens (tertiary/aromatic N) is 2. The number of hydrogen-bond acceptors (Lipinski definition) is 4. The number of aryl methyl sites for hydroxylation is 2. The molecule has 1 aliphatic rings. The maximum absolute atomic E-state index is 10.7. The molecule has 3 nitrogen and oxygen atoms in total. The summed E-state index contributed by atoms with van der Waals surface area (Å²) in [5, 5.41) is 22.9. The van der Waals surface area contributed by atoms with Crippen LogP contribution in [0.15, 0.2) is 29.6 Å². The average molecular weight is 270 g/mol. The molecule has 19 heavy (non-hydrogen) atoms. The Morgan fingerprint density at radius 1 is 1.47 bits per heavy atom. The fraction of sp³-hybridized carbons (Fsp3) is 0.333. The van der Waals surface area contributed by atoms with Crippen molar-refractivity contribution in [2.45, 2.75) is 31.3 Å². The van der Waals surface area contributed by atoms with E-state index >= 15 is 0 Å². The third-order valence-electron chi connectivity index (χ3n) is 3.82. The van der Waals surface area contributed by atoms with Crippen LogP contribution in [0.4, 0.5) is 0 Å². The highest BCUT2D eigenvalue weighted by molar-refractivity contribution is 7.09. The minimum atomic E-state index is -0.847. The van der Waals surface area contributed by atoms with Gasteiger partial charge in [-0.1, -0.05) is 24.3 Å². The number of thiazole rings is 1. The molecule has 2 atom stereocenters. The summed E-state index contributed by atoms with van der Waals surface area (Å²) in [6.45, 7) is 1.90. The molecule has 0 amide bonds. The van der Waals surface area contributed by atoms with Gasteiger partial charge in [-0.05, 0) is 30.9 Å². The van der Waals surface area contributed by atoms with Gasteiger partial charge >= 0.3 is 0 Å². The van der Waals surface area contributed by atoms with Gasteiger partial charge in [-0.25, -0.2) is 4.98 Å². The molecule has 1 aromatic heterocycles. The number of hydrogen-bond donors (Lipinski definition) is 1. The second kappa shape index (κ2) is 4.44. The van der Waals surface area contributed by atoms with Gasteiger partial charge in [0.1, 0.15) is 16.5 Å². The number of rotatable bonds is 2. The van der Waals surface area contributed by atoms with Crippen molar-refractivity contribution in [2.75, 3.05) is 0 Å². The molecule has 2 unspecified atom stereocenters. The Labute approximate surface area is 116 Å². The fourth-order valence-electron chi connectivity index (χ4n) is 2.81. The SMILES string of the molecule is Cc1csc(C(O)C2(C#N)CCc3ccccc32)n1. The molecule has 0 radical (unpaired) electrons. The molecule has 2 aromatic rings. The minimum absolute atomic E-state index is 0.635. The van der Waals surface area contributed by atoms with Crippen molar-refractivity contribution >= 4 is 11.3 Å². The Hall–Kier alpha value is -1.70. The predicted octanol–water partition coefficient (Wildman–Crippen LogP) is 2.89. The molecule has 1 aromatic carbocycles. The van der Waals surface area contributed by atoms with Gasteiger partial charge in [-0.2, -0.15) is 5.26 Å². The van der Waals surface area contributed by atoms with E-state index in [4.69, 9.17) is 0 Å². The molecule has 0 bridgehead atoms. The number of nitriles is 1. The van der Waals surface area contributed by atoms with Crippen LogP contribution in [-0.2, 0) is 11.8 Å². The van der Waals surface area contributed by atoms with Gasteiger partial charge in [-0.3, -0.25) is 0 Å². The quantitative estimate of drug-likeness (QED) is 0.913. The van der Waals surface area contributed by atoms with Gasteiger partial charge in [0.25, 0.3) is 0 Å². The van der Waals surface area contributed by atoms with E-state index in [1.165, 1.54) is 11.3 Å². The number of benzene rings is 1.